The fourth-order valence-corrected chi connectivity index (χ4v) is 4.73. The van der Waals surface area contributed by atoms with Gasteiger partial charge in [-0.15, -0.1) is 0 Å². The fourth-order valence-electron chi connectivity index (χ4n) is 4.73. The summed E-state index contributed by atoms with van der Waals surface area (Å²) in [5.41, 5.74) is 5.13. The summed E-state index contributed by atoms with van der Waals surface area (Å²) in [6.07, 6.45) is 2.60. The largest absolute Gasteiger partial charge is 0.484 e. The first-order valence-corrected chi connectivity index (χ1v) is 12.0. The monoisotopic (exact) mass is 466 g/mol. The van der Waals surface area contributed by atoms with Gasteiger partial charge >= 0.3 is 0 Å². The van der Waals surface area contributed by atoms with Gasteiger partial charge in [-0.1, -0.05) is 66.7 Å². The molecule has 0 saturated heterocycles. The lowest BCUT2D eigenvalue weighted by atomic mass is 9.87. The second-order valence-corrected chi connectivity index (χ2v) is 9.00. The summed E-state index contributed by atoms with van der Waals surface area (Å²) in [4.78, 5) is 16.8. The third-order valence-corrected chi connectivity index (χ3v) is 6.55. The smallest absolute Gasteiger partial charge is 0.260 e. The number of hydrogen-bond acceptors (Lipinski definition) is 4. The van der Waals surface area contributed by atoms with Crippen LogP contribution in [0.1, 0.15) is 34.1 Å². The van der Waals surface area contributed by atoms with Crippen LogP contribution < -0.4 is 4.74 Å². The molecule has 1 aromatic heterocycles. The molecule has 0 saturated carbocycles. The molecule has 0 spiro atoms. The number of carbonyl (C=O) groups is 1. The van der Waals surface area contributed by atoms with Gasteiger partial charge in [0, 0.05) is 20.1 Å². The zero-order chi connectivity index (χ0) is 24.0. The number of carbonyl (C=O) groups excluding carboxylic acids is 1. The van der Waals surface area contributed by atoms with Crippen LogP contribution in [0.25, 0.3) is 0 Å². The average molecular weight is 467 g/mol. The molecule has 178 valence electrons. The minimum atomic E-state index is -0.0931. The Kier molecular flexibility index (Phi) is 6.96. The summed E-state index contributed by atoms with van der Waals surface area (Å²) in [6, 6.07) is 31.3. The Bertz CT molecular complexity index is 1240. The van der Waals surface area contributed by atoms with Crippen molar-refractivity contribution >= 4 is 5.91 Å². The summed E-state index contributed by atoms with van der Waals surface area (Å²) >= 11 is 0. The molecule has 35 heavy (non-hydrogen) atoms. The maximum Gasteiger partial charge on any atom is 0.260 e. The van der Waals surface area contributed by atoms with E-state index in [1.54, 1.807) is 18.2 Å². The van der Waals surface area contributed by atoms with Crippen LogP contribution in [0, 0.1) is 0 Å². The van der Waals surface area contributed by atoms with Crippen molar-refractivity contribution in [3.63, 3.8) is 0 Å². The normalized spacial score (nSPS) is 15.4. The van der Waals surface area contributed by atoms with Gasteiger partial charge in [-0.2, -0.15) is 0 Å². The van der Waals surface area contributed by atoms with Crippen LogP contribution in [-0.4, -0.2) is 35.9 Å². The maximum absolute atomic E-state index is 12.6. The van der Waals surface area contributed by atoms with E-state index in [1.807, 2.05) is 18.2 Å². The highest BCUT2D eigenvalue weighted by Gasteiger charge is 2.29. The lowest BCUT2D eigenvalue weighted by Crippen LogP contribution is -2.35. The lowest BCUT2D eigenvalue weighted by molar-refractivity contribution is -0.132. The van der Waals surface area contributed by atoms with Crippen molar-refractivity contribution in [3.05, 3.63) is 125 Å². The third-order valence-electron chi connectivity index (χ3n) is 6.55. The molecule has 5 heteroatoms. The first kappa shape index (κ1) is 22.9. The molecule has 1 aliphatic heterocycles. The molecule has 0 unspecified atom stereocenters. The Labute approximate surface area is 206 Å². The number of rotatable bonds is 8. The van der Waals surface area contributed by atoms with Crippen molar-refractivity contribution in [1.29, 1.82) is 0 Å². The van der Waals surface area contributed by atoms with Gasteiger partial charge in [0.2, 0.25) is 0 Å². The van der Waals surface area contributed by atoms with E-state index in [-0.39, 0.29) is 18.6 Å². The summed E-state index contributed by atoms with van der Waals surface area (Å²) in [6.45, 7) is 2.27. The summed E-state index contributed by atoms with van der Waals surface area (Å²) < 4.78 is 11.3. The lowest BCUT2D eigenvalue weighted by Gasteiger charge is -2.38. The predicted octanol–water partition coefficient (Wildman–Crippen LogP) is 5.46. The van der Waals surface area contributed by atoms with Gasteiger partial charge < -0.3 is 14.1 Å². The van der Waals surface area contributed by atoms with Crippen molar-refractivity contribution in [2.45, 2.75) is 25.6 Å². The van der Waals surface area contributed by atoms with Crippen LogP contribution in [0.2, 0.25) is 0 Å². The SMILES string of the molecule is CN(Cc1ccco1)C(=O)COc1ccc2c(c1)[C@@H](c1ccccc1)N(Cc1ccccc1)CC2. The van der Waals surface area contributed by atoms with Crippen molar-refractivity contribution < 1.29 is 13.9 Å². The minimum absolute atomic E-state index is 0.0142. The Balaban J connectivity index is 1.35. The van der Waals surface area contributed by atoms with Gasteiger partial charge in [-0.25, -0.2) is 0 Å². The topological polar surface area (TPSA) is 45.9 Å². The summed E-state index contributed by atoms with van der Waals surface area (Å²) in [5.74, 6) is 1.37. The number of fused-ring (bicyclic) bond motifs is 1. The molecule has 1 amide bonds. The molecular weight excluding hydrogens is 436 g/mol. The number of hydrogen-bond donors (Lipinski definition) is 0. The molecule has 2 heterocycles. The van der Waals surface area contributed by atoms with Crippen LogP contribution in [0.4, 0.5) is 0 Å². The average Bonchev–Trinajstić information content (AvgIpc) is 3.41. The van der Waals surface area contributed by atoms with E-state index in [9.17, 15) is 4.79 Å². The Hall–Kier alpha value is -3.83. The Morgan fingerprint density at radius 1 is 1.00 bits per heavy atom. The van der Waals surface area contributed by atoms with Gasteiger partial charge in [0.25, 0.3) is 5.91 Å². The number of benzene rings is 3. The first-order valence-electron chi connectivity index (χ1n) is 12.0. The van der Waals surface area contributed by atoms with Crippen LogP contribution in [-0.2, 0) is 24.3 Å². The molecule has 3 aromatic carbocycles. The first-order chi connectivity index (χ1) is 17.2. The van der Waals surface area contributed by atoms with Gasteiger partial charge in [0.15, 0.2) is 6.61 Å². The van der Waals surface area contributed by atoms with Crippen molar-refractivity contribution in [3.8, 4) is 5.75 Å². The molecule has 0 radical (unpaired) electrons. The van der Waals surface area contributed by atoms with Crippen LogP contribution in [0.3, 0.4) is 0 Å². The van der Waals surface area contributed by atoms with Crippen LogP contribution in [0.5, 0.6) is 5.75 Å². The van der Waals surface area contributed by atoms with E-state index in [0.717, 1.165) is 25.3 Å². The van der Waals surface area contributed by atoms with Gasteiger partial charge in [0.05, 0.1) is 18.8 Å². The fraction of sp³-hybridized carbons (Fsp3) is 0.233. The second kappa shape index (κ2) is 10.6. The highest BCUT2D eigenvalue weighted by molar-refractivity contribution is 5.77. The van der Waals surface area contributed by atoms with Gasteiger partial charge in [0.1, 0.15) is 11.5 Å². The highest BCUT2D eigenvalue weighted by atomic mass is 16.5. The molecule has 1 aliphatic rings. The molecule has 0 N–H and O–H groups in total. The van der Waals surface area contributed by atoms with Crippen molar-refractivity contribution in [2.75, 3.05) is 20.2 Å². The van der Waals surface area contributed by atoms with E-state index in [4.69, 9.17) is 9.15 Å². The molecule has 5 nitrogen and oxygen atoms in total. The van der Waals surface area contributed by atoms with E-state index < -0.39 is 0 Å². The molecular formula is C30H30N2O3. The van der Waals surface area contributed by atoms with E-state index in [1.165, 1.54) is 22.3 Å². The van der Waals surface area contributed by atoms with Gasteiger partial charge in [-0.05, 0) is 52.9 Å². The summed E-state index contributed by atoms with van der Waals surface area (Å²) in [7, 11) is 1.76. The van der Waals surface area contributed by atoms with Crippen LogP contribution >= 0.6 is 0 Å². The number of nitrogens with zero attached hydrogens (tertiary/aromatic N) is 2. The zero-order valence-corrected chi connectivity index (χ0v) is 20.0. The quantitative estimate of drug-likeness (QED) is 0.346. The van der Waals surface area contributed by atoms with Gasteiger partial charge in [-0.3, -0.25) is 9.69 Å². The number of ether oxygens (including phenoxy) is 1. The van der Waals surface area contributed by atoms with E-state index in [2.05, 4.69) is 77.7 Å². The molecule has 0 aliphatic carbocycles. The second-order valence-electron chi connectivity index (χ2n) is 9.00. The highest BCUT2D eigenvalue weighted by Crippen LogP contribution is 2.38. The Morgan fingerprint density at radius 3 is 2.51 bits per heavy atom. The van der Waals surface area contributed by atoms with Crippen molar-refractivity contribution in [1.82, 2.24) is 9.80 Å². The zero-order valence-electron chi connectivity index (χ0n) is 20.0. The van der Waals surface area contributed by atoms with E-state index >= 15 is 0 Å². The van der Waals surface area contributed by atoms with E-state index in [0.29, 0.717) is 12.3 Å². The summed E-state index contributed by atoms with van der Waals surface area (Å²) in [5, 5.41) is 0. The molecule has 1 atom stereocenters. The molecule has 4 aromatic rings. The number of furan rings is 1. The van der Waals surface area contributed by atoms with Crippen LogP contribution in [0.15, 0.2) is 102 Å². The molecule has 5 rings (SSSR count). The molecule has 0 fully saturated rings. The molecule has 0 bridgehead atoms. The van der Waals surface area contributed by atoms with Crippen molar-refractivity contribution in [2.24, 2.45) is 0 Å². The maximum atomic E-state index is 12.6. The Morgan fingerprint density at radius 2 is 1.77 bits per heavy atom. The minimum Gasteiger partial charge on any atom is -0.484 e. The third kappa shape index (κ3) is 5.47. The predicted molar refractivity (Wildman–Crippen MR) is 136 cm³/mol. The number of likely N-dealkylation sites (N-methyl/N-ethyl adjacent to an activating group) is 1. The number of amides is 1. The standard InChI is InChI=1S/C30H30N2O3/c1-31(21-27-13-8-18-34-27)29(33)22-35-26-15-14-24-16-17-32(20-23-9-4-2-5-10-23)30(28(24)19-26)25-11-6-3-7-12-25/h2-15,18-19,30H,16-17,20-22H2,1H3/t30-/m1/s1.